The van der Waals surface area contributed by atoms with Gasteiger partial charge in [-0.05, 0) is 44.0 Å². The van der Waals surface area contributed by atoms with Crippen LogP contribution in [0.3, 0.4) is 0 Å². The van der Waals surface area contributed by atoms with Gasteiger partial charge in [-0.2, -0.15) is 15.1 Å². The van der Waals surface area contributed by atoms with E-state index in [1.165, 1.54) is 13.3 Å². The summed E-state index contributed by atoms with van der Waals surface area (Å²) >= 11 is 5.97. The number of carbonyl (C=O) groups is 1. The number of rotatable bonds is 11. The van der Waals surface area contributed by atoms with Crippen LogP contribution in [0.5, 0.6) is 5.75 Å². The zero-order chi connectivity index (χ0) is 27.4. The molecule has 3 heterocycles. The fourth-order valence-corrected chi connectivity index (χ4v) is 5.70. The summed E-state index contributed by atoms with van der Waals surface area (Å²) in [6.45, 7) is 4.70. The molecule has 15 heteroatoms. The first kappa shape index (κ1) is 28.2. The van der Waals surface area contributed by atoms with Crippen molar-refractivity contribution in [1.82, 2.24) is 24.6 Å². The van der Waals surface area contributed by atoms with Crippen LogP contribution in [-0.2, 0) is 23.4 Å². The molecule has 3 aromatic rings. The number of hydrogen-bond acceptors (Lipinski definition) is 11. The van der Waals surface area contributed by atoms with Gasteiger partial charge in [0.15, 0.2) is 11.5 Å². The summed E-state index contributed by atoms with van der Waals surface area (Å²) in [7, 11) is -4.20. The molecule has 1 saturated heterocycles. The van der Waals surface area contributed by atoms with Gasteiger partial charge >= 0.3 is 13.7 Å². The lowest BCUT2D eigenvalue weighted by Gasteiger charge is -2.27. The predicted octanol–water partition coefficient (Wildman–Crippen LogP) is 3.23. The van der Waals surface area contributed by atoms with Crippen LogP contribution in [0, 0.1) is 0 Å². The van der Waals surface area contributed by atoms with Crippen molar-refractivity contribution in [3.63, 3.8) is 0 Å². The molecule has 1 aromatic carbocycles. The number of nitrogens with one attached hydrogen (secondary N) is 1. The van der Waals surface area contributed by atoms with E-state index in [1.807, 2.05) is 6.92 Å². The average molecular weight is 569 g/mol. The summed E-state index contributed by atoms with van der Waals surface area (Å²) < 4.78 is 38.6. The lowest BCUT2D eigenvalue weighted by molar-refractivity contribution is -0.150. The van der Waals surface area contributed by atoms with Gasteiger partial charge in [-0.15, -0.1) is 0 Å². The maximum Gasteiger partial charge on any atom is 0.459 e. The Morgan fingerprint density at radius 1 is 1.34 bits per heavy atom. The van der Waals surface area contributed by atoms with Crippen LogP contribution in [0.25, 0.3) is 11.2 Å². The first-order chi connectivity index (χ1) is 18.1. The van der Waals surface area contributed by atoms with E-state index >= 15 is 0 Å². The Bertz CT molecular complexity index is 1310. The maximum atomic E-state index is 14.0. The summed E-state index contributed by atoms with van der Waals surface area (Å²) in [5.41, 5.74) is 6.56. The van der Waals surface area contributed by atoms with Gasteiger partial charge in [-0.25, -0.2) is 9.55 Å². The molecular formula is C23H30ClN6O7P. The molecule has 2 unspecified atom stereocenters. The molecule has 0 spiro atoms. The van der Waals surface area contributed by atoms with E-state index in [4.69, 9.17) is 35.9 Å². The van der Waals surface area contributed by atoms with Crippen LogP contribution in [0.15, 0.2) is 36.7 Å². The number of ether oxygens (including phenoxy) is 2. The van der Waals surface area contributed by atoms with Gasteiger partial charge < -0.3 is 24.8 Å². The van der Waals surface area contributed by atoms with Crippen LogP contribution in [0.4, 0.5) is 5.82 Å². The number of halogens is 1. The minimum atomic E-state index is -4.20. The van der Waals surface area contributed by atoms with Gasteiger partial charge in [0, 0.05) is 6.42 Å². The highest BCUT2D eigenvalue weighted by atomic mass is 35.5. The van der Waals surface area contributed by atoms with E-state index in [1.54, 1.807) is 41.8 Å². The molecule has 1 fully saturated rings. The van der Waals surface area contributed by atoms with Crippen LogP contribution in [-0.4, -0.2) is 61.6 Å². The third-order valence-corrected chi connectivity index (χ3v) is 7.80. The molecule has 0 amide bonds. The number of para-hydroxylation sites is 1. The Kier molecular flexibility index (Phi) is 8.86. The molecule has 206 valence electrons. The Morgan fingerprint density at radius 3 is 2.76 bits per heavy atom. The standard InChI is InChI=1S/C23H30ClN6O7P/c1-4-13(2)34-22(32)14(3)29-38(33,36-15-8-6-5-7-9-15)37-16-10-18(35-17(16)11-31)30-12-26-19-20(25)27-23(24)28-21(19)30/h5-9,12-14,16-18,31H,4,10-11H2,1-3H3,(H,29,33)(H2,25,27,28)/t13?,14-,16+,17+,18+,38?/m0/s1. The Labute approximate surface area is 224 Å². The number of hydrogen-bond donors (Lipinski definition) is 3. The number of benzene rings is 1. The van der Waals surface area contributed by atoms with Crippen molar-refractivity contribution in [3.05, 3.63) is 41.9 Å². The van der Waals surface area contributed by atoms with Crippen molar-refractivity contribution in [3.8, 4) is 5.75 Å². The molecule has 4 rings (SSSR count). The number of esters is 1. The summed E-state index contributed by atoms with van der Waals surface area (Å²) in [4.78, 5) is 24.9. The third kappa shape index (κ3) is 6.42. The number of aromatic nitrogens is 4. The number of aliphatic hydroxyl groups is 1. The molecule has 1 aliphatic heterocycles. The molecule has 38 heavy (non-hydrogen) atoms. The average Bonchev–Trinajstić information content (AvgIpc) is 3.47. The summed E-state index contributed by atoms with van der Waals surface area (Å²) in [6, 6.07) is 7.35. The van der Waals surface area contributed by atoms with Crippen molar-refractivity contribution in [2.75, 3.05) is 12.3 Å². The SMILES string of the molecule is CCC(C)OC(=O)[C@H](C)NP(=O)(Oc1ccccc1)O[C@@H]1C[C@H](n2cnc3c(N)nc(Cl)nc32)O[C@@H]1CO. The summed E-state index contributed by atoms with van der Waals surface area (Å²) in [5, 5.41) is 12.6. The summed E-state index contributed by atoms with van der Waals surface area (Å²) in [5.74, 6) is -0.256. The Balaban J connectivity index is 1.57. The lowest BCUT2D eigenvalue weighted by Crippen LogP contribution is -2.38. The number of aliphatic hydroxyl groups excluding tert-OH is 1. The number of nitrogens with zero attached hydrogens (tertiary/aromatic N) is 4. The second-order valence-electron chi connectivity index (χ2n) is 8.80. The number of fused-ring (bicyclic) bond motifs is 1. The monoisotopic (exact) mass is 568 g/mol. The van der Waals surface area contributed by atoms with Gasteiger partial charge in [0.05, 0.1) is 19.0 Å². The number of nitrogen functional groups attached to an aromatic ring is 1. The first-order valence-corrected chi connectivity index (χ1v) is 14.0. The van der Waals surface area contributed by atoms with Gasteiger partial charge in [-0.3, -0.25) is 13.9 Å². The molecule has 0 radical (unpaired) electrons. The molecule has 0 bridgehead atoms. The largest absolute Gasteiger partial charge is 0.462 e. The molecule has 13 nitrogen and oxygen atoms in total. The molecule has 1 aliphatic rings. The molecule has 0 aliphatic carbocycles. The fourth-order valence-electron chi connectivity index (χ4n) is 3.82. The van der Waals surface area contributed by atoms with E-state index in [0.29, 0.717) is 17.6 Å². The number of carbonyl (C=O) groups excluding carboxylic acids is 1. The van der Waals surface area contributed by atoms with E-state index < -0.39 is 44.8 Å². The second kappa shape index (κ2) is 11.9. The normalized spacial score (nSPS) is 22.6. The zero-order valence-electron chi connectivity index (χ0n) is 21.1. The van der Waals surface area contributed by atoms with Crippen LogP contribution in [0.1, 0.15) is 39.8 Å². The zero-order valence-corrected chi connectivity index (χ0v) is 22.7. The van der Waals surface area contributed by atoms with Crippen molar-refractivity contribution in [2.45, 2.75) is 64.2 Å². The van der Waals surface area contributed by atoms with E-state index in [0.717, 1.165) is 0 Å². The number of anilines is 1. The van der Waals surface area contributed by atoms with Gasteiger partial charge in [-0.1, -0.05) is 25.1 Å². The van der Waals surface area contributed by atoms with E-state index in [9.17, 15) is 14.5 Å². The van der Waals surface area contributed by atoms with Crippen LogP contribution >= 0.6 is 19.3 Å². The number of nitrogens with two attached hydrogens (primary N) is 1. The van der Waals surface area contributed by atoms with Crippen molar-refractivity contribution in [1.29, 1.82) is 0 Å². The molecule has 4 N–H and O–H groups in total. The van der Waals surface area contributed by atoms with Crippen molar-refractivity contribution >= 4 is 42.3 Å². The lowest BCUT2D eigenvalue weighted by atomic mass is 10.2. The van der Waals surface area contributed by atoms with Gasteiger partial charge in [0.25, 0.3) is 0 Å². The quantitative estimate of drug-likeness (QED) is 0.175. The predicted molar refractivity (Wildman–Crippen MR) is 138 cm³/mol. The minimum absolute atomic E-state index is 0.0653. The molecule has 6 atom stereocenters. The topological polar surface area (TPSA) is 173 Å². The number of imidazole rings is 1. The smallest absolute Gasteiger partial charge is 0.459 e. The Hall–Kier alpha value is -2.80. The van der Waals surface area contributed by atoms with Gasteiger partial charge in [0.2, 0.25) is 5.28 Å². The second-order valence-corrected chi connectivity index (χ2v) is 10.8. The highest BCUT2D eigenvalue weighted by Gasteiger charge is 2.44. The Morgan fingerprint density at radius 2 is 2.08 bits per heavy atom. The van der Waals surface area contributed by atoms with Crippen molar-refractivity contribution in [2.24, 2.45) is 0 Å². The molecule has 0 saturated carbocycles. The third-order valence-electron chi connectivity index (χ3n) is 5.93. The van der Waals surface area contributed by atoms with Crippen molar-refractivity contribution < 1.29 is 33.0 Å². The van der Waals surface area contributed by atoms with Crippen LogP contribution < -0.4 is 15.3 Å². The van der Waals surface area contributed by atoms with Crippen LogP contribution in [0.2, 0.25) is 5.28 Å². The van der Waals surface area contributed by atoms with Gasteiger partial charge in [0.1, 0.15) is 35.7 Å². The maximum absolute atomic E-state index is 14.0. The van der Waals surface area contributed by atoms with E-state index in [-0.39, 0.29) is 29.4 Å². The minimum Gasteiger partial charge on any atom is -0.462 e. The first-order valence-electron chi connectivity index (χ1n) is 12.1. The molecular weight excluding hydrogens is 539 g/mol. The highest BCUT2D eigenvalue weighted by Crippen LogP contribution is 2.49. The summed E-state index contributed by atoms with van der Waals surface area (Å²) in [6.07, 6.45) is -0.615. The van der Waals surface area contributed by atoms with E-state index in [2.05, 4.69) is 20.0 Å². The highest BCUT2D eigenvalue weighted by molar-refractivity contribution is 7.52. The molecule has 2 aromatic heterocycles. The fraction of sp³-hybridized carbons (Fsp3) is 0.478.